The van der Waals surface area contributed by atoms with E-state index >= 15 is 0 Å². The van der Waals surface area contributed by atoms with Crippen LogP contribution in [0.1, 0.15) is 17.5 Å². The molecule has 1 N–H and O–H groups in total. The molecule has 3 aliphatic rings. The lowest BCUT2D eigenvalue weighted by Crippen LogP contribution is -2.39. The molecular formula is C28H25N3O3S. The molecule has 0 spiro atoms. The Morgan fingerprint density at radius 1 is 0.914 bits per heavy atom. The number of likely N-dealkylation sites (tertiary alicyclic amines) is 1. The number of carbonyl (C=O) groups excluding carboxylic acids is 3. The van der Waals surface area contributed by atoms with Crippen LogP contribution in [0.3, 0.4) is 0 Å². The normalized spacial score (nSPS) is 24.3. The Kier molecular flexibility index (Phi) is 5.18. The van der Waals surface area contributed by atoms with Crippen LogP contribution in [0.4, 0.5) is 5.13 Å². The minimum absolute atomic E-state index is 0.127. The van der Waals surface area contributed by atoms with Crippen molar-refractivity contribution in [1.82, 2.24) is 9.88 Å². The fourth-order valence-corrected chi connectivity index (χ4v) is 6.61. The third-order valence-corrected chi connectivity index (χ3v) is 8.40. The van der Waals surface area contributed by atoms with Gasteiger partial charge in [-0.3, -0.25) is 19.3 Å². The van der Waals surface area contributed by atoms with E-state index in [0.717, 1.165) is 44.1 Å². The van der Waals surface area contributed by atoms with Gasteiger partial charge in [-0.25, -0.2) is 4.98 Å². The fourth-order valence-electron chi connectivity index (χ4n) is 5.60. The monoisotopic (exact) mass is 483 g/mol. The first kappa shape index (κ1) is 21.9. The second-order valence-corrected chi connectivity index (χ2v) is 10.7. The Balaban J connectivity index is 1.25. The number of hydrogen-bond donors (Lipinski definition) is 1. The number of hydrogen-bond acceptors (Lipinski definition) is 5. The molecule has 2 fully saturated rings. The van der Waals surface area contributed by atoms with Crippen LogP contribution in [0.2, 0.25) is 0 Å². The first-order chi connectivity index (χ1) is 16.9. The Morgan fingerprint density at radius 2 is 1.46 bits per heavy atom. The van der Waals surface area contributed by atoms with Crippen molar-refractivity contribution < 1.29 is 14.4 Å². The van der Waals surface area contributed by atoms with Crippen molar-refractivity contribution in [3.63, 3.8) is 0 Å². The Hall–Kier alpha value is -3.58. The van der Waals surface area contributed by atoms with Gasteiger partial charge in [-0.05, 0) is 37.7 Å². The largest absolute Gasteiger partial charge is 0.300 e. The number of imide groups is 1. The molecule has 1 aliphatic heterocycles. The van der Waals surface area contributed by atoms with E-state index in [4.69, 9.17) is 4.98 Å². The molecule has 2 heterocycles. The average molecular weight is 484 g/mol. The van der Waals surface area contributed by atoms with Gasteiger partial charge in [0.2, 0.25) is 17.7 Å². The SMILES string of the molecule is Cc1ccc(-c2nc(NC(=O)CN3C(=O)C4C5C=CC(C5)C4C3=O)sc2-c2ccc(C)cc2)cc1. The van der Waals surface area contributed by atoms with E-state index in [0.29, 0.717) is 5.13 Å². The molecule has 6 rings (SSSR count). The molecule has 3 amide bonds. The lowest BCUT2D eigenvalue weighted by Gasteiger charge is -2.16. The zero-order valence-corrected chi connectivity index (χ0v) is 20.3. The minimum atomic E-state index is -0.411. The van der Waals surface area contributed by atoms with Crippen molar-refractivity contribution in [3.05, 3.63) is 71.8 Å². The van der Waals surface area contributed by atoms with Gasteiger partial charge >= 0.3 is 0 Å². The summed E-state index contributed by atoms with van der Waals surface area (Å²) in [4.78, 5) is 45.6. The number of rotatable bonds is 5. The molecule has 2 aromatic carbocycles. The average Bonchev–Trinajstić information content (AvgIpc) is 3.61. The molecule has 0 radical (unpaired) electrons. The summed E-state index contributed by atoms with van der Waals surface area (Å²) in [6.07, 6.45) is 4.97. The number of thiazole rings is 1. The van der Waals surface area contributed by atoms with Gasteiger partial charge in [0.15, 0.2) is 5.13 Å². The maximum absolute atomic E-state index is 12.9. The van der Waals surface area contributed by atoms with Crippen LogP contribution >= 0.6 is 11.3 Å². The third-order valence-electron chi connectivity index (χ3n) is 7.38. The summed E-state index contributed by atoms with van der Waals surface area (Å²) < 4.78 is 0. The number of anilines is 1. The molecule has 2 bridgehead atoms. The van der Waals surface area contributed by atoms with E-state index < -0.39 is 5.91 Å². The lowest BCUT2D eigenvalue weighted by atomic mass is 9.85. The number of carbonyl (C=O) groups is 3. The summed E-state index contributed by atoms with van der Waals surface area (Å²) in [7, 11) is 0. The highest BCUT2D eigenvalue weighted by Crippen LogP contribution is 2.52. The predicted molar refractivity (Wildman–Crippen MR) is 136 cm³/mol. The van der Waals surface area contributed by atoms with Gasteiger partial charge in [0, 0.05) is 5.56 Å². The van der Waals surface area contributed by atoms with Crippen LogP contribution in [0, 0.1) is 37.5 Å². The van der Waals surface area contributed by atoms with Gasteiger partial charge in [-0.1, -0.05) is 83.1 Å². The smallest absolute Gasteiger partial charge is 0.246 e. The minimum Gasteiger partial charge on any atom is -0.300 e. The van der Waals surface area contributed by atoms with E-state index in [-0.39, 0.29) is 42.0 Å². The molecule has 1 aromatic heterocycles. The van der Waals surface area contributed by atoms with E-state index in [1.54, 1.807) is 0 Å². The number of amides is 3. The molecule has 6 nitrogen and oxygen atoms in total. The molecule has 7 heteroatoms. The lowest BCUT2D eigenvalue weighted by molar-refractivity contribution is -0.143. The highest BCUT2D eigenvalue weighted by Gasteiger charge is 2.59. The van der Waals surface area contributed by atoms with Crippen LogP contribution in [0.25, 0.3) is 21.7 Å². The zero-order chi connectivity index (χ0) is 24.3. The quantitative estimate of drug-likeness (QED) is 0.416. The van der Waals surface area contributed by atoms with Crippen LogP contribution in [0.15, 0.2) is 60.7 Å². The van der Waals surface area contributed by atoms with Gasteiger partial charge in [0.1, 0.15) is 6.54 Å². The Bertz CT molecular complexity index is 1280. The topological polar surface area (TPSA) is 79.4 Å². The number of allylic oxidation sites excluding steroid dienone is 2. The number of nitrogens with one attached hydrogen (secondary N) is 1. The number of nitrogens with zero attached hydrogens (tertiary/aromatic N) is 2. The molecule has 2 aliphatic carbocycles. The van der Waals surface area contributed by atoms with Crippen molar-refractivity contribution in [2.24, 2.45) is 23.7 Å². The second kappa shape index (κ2) is 8.27. The van der Waals surface area contributed by atoms with Crippen LogP contribution in [-0.2, 0) is 14.4 Å². The van der Waals surface area contributed by atoms with Crippen molar-refractivity contribution in [1.29, 1.82) is 0 Å². The molecule has 176 valence electrons. The first-order valence-corrected chi connectivity index (χ1v) is 12.7. The van der Waals surface area contributed by atoms with Crippen molar-refractivity contribution in [3.8, 4) is 21.7 Å². The number of aryl methyl sites for hydroxylation is 2. The van der Waals surface area contributed by atoms with Gasteiger partial charge in [-0.2, -0.15) is 0 Å². The Labute approximate surface area is 207 Å². The van der Waals surface area contributed by atoms with Gasteiger partial charge < -0.3 is 5.32 Å². The highest BCUT2D eigenvalue weighted by molar-refractivity contribution is 7.19. The molecular weight excluding hydrogens is 458 g/mol. The summed E-state index contributed by atoms with van der Waals surface area (Å²) in [6, 6.07) is 16.3. The van der Waals surface area contributed by atoms with E-state index in [2.05, 4.69) is 41.7 Å². The summed E-state index contributed by atoms with van der Waals surface area (Å²) in [5.41, 5.74) is 5.09. The standard InChI is InChI=1S/C28H25N3O3S/c1-15-3-7-17(8-4-15)24-25(18-9-5-16(2)6-10-18)35-28(30-24)29-21(32)14-31-26(33)22-19-11-12-20(13-19)23(22)27(31)34/h3-12,19-20,22-23H,13-14H2,1-2H3,(H,29,30,32). The van der Waals surface area contributed by atoms with Gasteiger partial charge in [-0.15, -0.1) is 0 Å². The molecule has 3 aromatic rings. The van der Waals surface area contributed by atoms with Crippen LogP contribution in [0.5, 0.6) is 0 Å². The first-order valence-electron chi connectivity index (χ1n) is 11.9. The maximum atomic E-state index is 12.9. The number of aromatic nitrogens is 1. The Morgan fingerprint density at radius 3 is 2.03 bits per heavy atom. The van der Waals surface area contributed by atoms with Crippen molar-refractivity contribution >= 4 is 34.2 Å². The highest BCUT2D eigenvalue weighted by atomic mass is 32.1. The maximum Gasteiger partial charge on any atom is 0.246 e. The molecule has 1 saturated heterocycles. The predicted octanol–water partition coefficient (Wildman–Crippen LogP) is 4.84. The molecule has 35 heavy (non-hydrogen) atoms. The van der Waals surface area contributed by atoms with E-state index in [1.807, 2.05) is 38.1 Å². The van der Waals surface area contributed by atoms with E-state index in [1.165, 1.54) is 11.3 Å². The van der Waals surface area contributed by atoms with Gasteiger partial charge in [0.25, 0.3) is 0 Å². The number of benzene rings is 2. The van der Waals surface area contributed by atoms with Crippen LogP contribution in [-0.4, -0.2) is 34.2 Å². The van der Waals surface area contributed by atoms with Gasteiger partial charge in [0.05, 0.1) is 22.4 Å². The number of fused-ring (bicyclic) bond motifs is 5. The van der Waals surface area contributed by atoms with E-state index in [9.17, 15) is 14.4 Å². The van der Waals surface area contributed by atoms with Crippen LogP contribution < -0.4 is 5.32 Å². The molecule has 4 atom stereocenters. The van der Waals surface area contributed by atoms with Crippen molar-refractivity contribution in [2.75, 3.05) is 11.9 Å². The molecule has 1 saturated carbocycles. The van der Waals surface area contributed by atoms with Crippen molar-refractivity contribution in [2.45, 2.75) is 20.3 Å². The zero-order valence-electron chi connectivity index (χ0n) is 19.5. The summed E-state index contributed by atoms with van der Waals surface area (Å²) in [5, 5.41) is 3.29. The molecule has 4 unspecified atom stereocenters. The summed E-state index contributed by atoms with van der Waals surface area (Å²) in [6.45, 7) is 3.80. The summed E-state index contributed by atoms with van der Waals surface area (Å²) in [5.74, 6) is -1.19. The third kappa shape index (κ3) is 3.71. The summed E-state index contributed by atoms with van der Waals surface area (Å²) >= 11 is 1.39. The second-order valence-electron chi connectivity index (χ2n) is 9.74. The fraction of sp³-hybridized carbons (Fsp3) is 0.286.